The van der Waals surface area contributed by atoms with E-state index in [4.69, 9.17) is 9.47 Å². The summed E-state index contributed by atoms with van der Waals surface area (Å²) in [6.45, 7) is 5.15. The van der Waals surface area contributed by atoms with Crippen LogP contribution >= 0.6 is 0 Å². The molecule has 1 N–H and O–H groups in total. The van der Waals surface area contributed by atoms with Gasteiger partial charge in [0.15, 0.2) is 0 Å². The van der Waals surface area contributed by atoms with Gasteiger partial charge in [-0.3, -0.25) is 9.69 Å². The Kier molecular flexibility index (Phi) is 7.33. The van der Waals surface area contributed by atoms with Crippen molar-refractivity contribution in [3.05, 3.63) is 53.6 Å². The van der Waals surface area contributed by atoms with Crippen LogP contribution in [0.5, 0.6) is 5.75 Å². The molecule has 0 spiro atoms. The maximum Gasteiger partial charge on any atom is 0.240 e. The predicted octanol–water partition coefficient (Wildman–Crippen LogP) is 2.35. The van der Waals surface area contributed by atoms with E-state index < -0.39 is 10.0 Å². The van der Waals surface area contributed by atoms with Gasteiger partial charge in [-0.1, -0.05) is 12.1 Å². The maximum atomic E-state index is 13.2. The standard InChI is InChI=1S/C24H31N3O5S/c1-18(28)27-11-3-4-20-16-22(9-10-23(20)27)33(29,30)25-17-24(26-12-14-32-15-13-26)19-5-7-21(31-2)8-6-19/h5-10,16,24-25H,3-4,11-15,17H2,1-2H3. The van der Waals surface area contributed by atoms with E-state index in [9.17, 15) is 13.2 Å². The van der Waals surface area contributed by atoms with Crippen molar-refractivity contribution in [1.29, 1.82) is 0 Å². The Bertz CT molecular complexity index is 1080. The van der Waals surface area contributed by atoms with Gasteiger partial charge in [-0.05, 0) is 54.3 Å². The first-order valence-electron chi connectivity index (χ1n) is 11.3. The van der Waals surface area contributed by atoms with Crippen molar-refractivity contribution in [3.63, 3.8) is 0 Å². The van der Waals surface area contributed by atoms with E-state index >= 15 is 0 Å². The molecule has 0 radical (unpaired) electrons. The number of anilines is 1. The fourth-order valence-corrected chi connectivity index (χ4v) is 5.60. The summed E-state index contributed by atoms with van der Waals surface area (Å²) in [5.41, 5.74) is 2.71. The monoisotopic (exact) mass is 473 g/mol. The normalized spacial score (nSPS) is 17.9. The number of carbonyl (C=O) groups is 1. The molecule has 2 heterocycles. The largest absolute Gasteiger partial charge is 0.497 e. The summed E-state index contributed by atoms with van der Waals surface area (Å²) in [5.74, 6) is 0.728. The first kappa shape index (κ1) is 23.7. The van der Waals surface area contributed by atoms with Gasteiger partial charge in [-0.25, -0.2) is 13.1 Å². The third-order valence-electron chi connectivity index (χ3n) is 6.31. The Labute approximate surface area is 195 Å². The van der Waals surface area contributed by atoms with Crippen LogP contribution in [0.25, 0.3) is 0 Å². The number of hydrogen-bond acceptors (Lipinski definition) is 6. The molecule has 9 heteroatoms. The van der Waals surface area contributed by atoms with Crippen molar-refractivity contribution in [2.45, 2.75) is 30.7 Å². The maximum absolute atomic E-state index is 13.2. The number of benzene rings is 2. The Hall–Kier alpha value is -2.46. The molecule has 0 aromatic heterocycles. The summed E-state index contributed by atoms with van der Waals surface area (Å²) in [6.07, 6.45) is 1.57. The number of nitrogens with one attached hydrogen (secondary N) is 1. The number of amides is 1. The van der Waals surface area contributed by atoms with Gasteiger partial charge in [0.1, 0.15) is 5.75 Å². The zero-order valence-corrected chi connectivity index (χ0v) is 19.9. The molecule has 1 atom stereocenters. The molecule has 33 heavy (non-hydrogen) atoms. The Morgan fingerprint density at radius 3 is 2.52 bits per heavy atom. The number of ether oxygens (including phenoxy) is 2. The molecular weight excluding hydrogens is 442 g/mol. The second-order valence-corrected chi connectivity index (χ2v) is 10.1. The summed E-state index contributed by atoms with van der Waals surface area (Å²) in [6, 6.07) is 12.6. The third-order valence-corrected chi connectivity index (χ3v) is 7.73. The minimum Gasteiger partial charge on any atom is -0.497 e. The number of rotatable bonds is 7. The molecule has 1 saturated heterocycles. The van der Waals surface area contributed by atoms with E-state index in [0.29, 0.717) is 19.8 Å². The molecule has 2 aromatic rings. The van der Waals surface area contributed by atoms with E-state index in [0.717, 1.165) is 48.5 Å². The molecule has 2 aliphatic heterocycles. The van der Waals surface area contributed by atoms with Crippen LogP contribution in [0.1, 0.15) is 30.5 Å². The lowest BCUT2D eigenvalue weighted by Gasteiger charge is -2.35. The number of nitrogens with zero attached hydrogens (tertiary/aromatic N) is 2. The molecule has 1 fully saturated rings. The van der Waals surface area contributed by atoms with E-state index in [2.05, 4.69) is 9.62 Å². The van der Waals surface area contributed by atoms with Crippen LogP contribution in [0.4, 0.5) is 5.69 Å². The van der Waals surface area contributed by atoms with E-state index in [1.807, 2.05) is 24.3 Å². The number of carbonyl (C=O) groups excluding carboxylic acids is 1. The third kappa shape index (κ3) is 5.38. The zero-order valence-electron chi connectivity index (χ0n) is 19.1. The smallest absolute Gasteiger partial charge is 0.240 e. The van der Waals surface area contributed by atoms with Gasteiger partial charge in [0.2, 0.25) is 15.9 Å². The lowest BCUT2D eigenvalue weighted by molar-refractivity contribution is -0.116. The first-order valence-corrected chi connectivity index (χ1v) is 12.7. The fourth-order valence-electron chi connectivity index (χ4n) is 4.51. The van der Waals surface area contributed by atoms with Gasteiger partial charge >= 0.3 is 0 Å². The van der Waals surface area contributed by atoms with Crippen LogP contribution in [-0.2, 0) is 26.0 Å². The van der Waals surface area contributed by atoms with Crippen LogP contribution in [-0.4, -0.2) is 65.7 Å². The summed E-state index contributed by atoms with van der Waals surface area (Å²) in [7, 11) is -2.10. The van der Waals surface area contributed by atoms with E-state index in [-0.39, 0.29) is 23.4 Å². The van der Waals surface area contributed by atoms with Gasteiger partial charge in [0, 0.05) is 44.8 Å². The van der Waals surface area contributed by atoms with Crippen molar-refractivity contribution >= 4 is 21.6 Å². The van der Waals surface area contributed by atoms with Crippen molar-refractivity contribution in [1.82, 2.24) is 9.62 Å². The quantitative estimate of drug-likeness (QED) is 0.664. The van der Waals surface area contributed by atoms with Crippen LogP contribution in [0, 0.1) is 0 Å². The van der Waals surface area contributed by atoms with E-state index in [1.54, 1.807) is 30.2 Å². The molecule has 2 aliphatic rings. The number of aryl methyl sites for hydroxylation is 1. The molecule has 0 bridgehead atoms. The van der Waals surface area contributed by atoms with Gasteiger partial charge in [-0.15, -0.1) is 0 Å². The van der Waals surface area contributed by atoms with Crippen LogP contribution in [0.15, 0.2) is 47.4 Å². The minimum atomic E-state index is -3.72. The first-order chi connectivity index (χ1) is 15.9. The van der Waals surface area contributed by atoms with E-state index in [1.165, 1.54) is 6.92 Å². The second-order valence-electron chi connectivity index (χ2n) is 8.35. The van der Waals surface area contributed by atoms with Crippen molar-refractivity contribution in [2.75, 3.05) is 51.4 Å². The summed E-state index contributed by atoms with van der Waals surface area (Å²) in [5, 5.41) is 0. The number of methoxy groups -OCH3 is 1. The molecule has 2 aromatic carbocycles. The number of morpholine rings is 1. The molecule has 178 valence electrons. The molecule has 8 nitrogen and oxygen atoms in total. The zero-order chi connectivity index (χ0) is 23.4. The van der Waals surface area contributed by atoms with Crippen molar-refractivity contribution in [2.24, 2.45) is 0 Å². The van der Waals surface area contributed by atoms with Crippen molar-refractivity contribution in [3.8, 4) is 5.75 Å². The lowest BCUT2D eigenvalue weighted by Crippen LogP contribution is -2.43. The topological polar surface area (TPSA) is 88.2 Å². The average molecular weight is 474 g/mol. The average Bonchev–Trinajstić information content (AvgIpc) is 2.84. The highest BCUT2D eigenvalue weighted by Gasteiger charge is 2.27. The number of sulfonamides is 1. The summed E-state index contributed by atoms with van der Waals surface area (Å²) < 4.78 is 40.0. The SMILES string of the molecule is COc1ccc(C(CNS(=O)(=O)c2ccc3c(c2)CCCN3C(C)=O)N2CCOCC2)cc1. The molecule has 4 rings (SSSR count). The minimum absolute atomic E-state index is 0.0301. The number of hydrogen-bond donors (Lipinski definition) is 1. The predicted molar refractivity (Wildman–Crippen MR) is 126 cm³/mol. The van der Waals surface area contributed by atoms with Crippen molar-refractivity contribution < 1.29 is 22.7 Å². The highest BCUT2D eigenvalue weighted by molar-refractivity contribution is 7.89. The Morgan fingerprint density at radius 1 is 1.12 bits per heavy atom. The Balaban J connectivity index is 1.54. The van der Waals surface area contributed by atoms with Gasteiger partial charge < -0.3 is 14.4 Å². The summed E-state index contributed by atoms with van der Waals surface area (Å²) in [4.78, 5) is 16.1. The molecule has 0 saturated carbocycles. The molecule has 0 aliphatic carbocycles. The molecular formula is C24H31N3O5S. The van der Waals surface area contributed by atoms with Gasteiger partial charge in [-0.2, -0.15) is 0 Å². The second kappa shape index (κ2) is 10.2. The molecule has 1 unspecified atom stereocenters. The summed E-state index contributed by atoms with van der Waals surface area (Å²) >= 11 is 0. The molecule has 1 amide bonds. The Morgan fingerprint density at radius 2 is 1.85 bits per heavy atom. The van der Waals surface area contributed by atoms with Gasteiger partial charge in [0.25, 0.3) is 0 Å². The lowest BCUT2D eigenvalue weighted by atomic mass is 10.0. The van der Waals surface area contributed by atoms with Crippen LogP contribution in [0.2, 0.25) is 0 Å². The highest BCUT2D eigenvalue weighted by atomic mass is 32.2. The highest BCUT2D eigenvalue weighted by Crippen LogP contribution is 2.30. The van der Waals surface area contributed by atoms with Crippen LogP contribution < -0.4 is 14.4 Å². The fraction of sp³-hybridized carbons (Fsp3) is 0.458. The van der Waals surface area contributed by atoms with Gasteiger partial charge in [0.05, 0.1) is 25.2 Å². The van der Waals surface area contributed by atoms with Crippen LogP contribution in [0.3, 0.4) is 0 Å². The number of fused-ring (bicyclic) bond motifs is 1.